The molecule has 144 valence electrons. The van der Waals surface area contributed by atoms with Gasteiger partial charge in [-0.25, -0.2) is 4.68 Å². The average Bonchev–Trinajstić information content (AvgIpc) is 3.24. The molecule has 29 heavy (non-hydrogen) atoms. The fourth-order valence-electron chi connectivity index (χ4n) is 4.04. The molecule has 2 aromatic heterocycles. The molecule has 0 N–H and O–H groups in total. The van der Waals surface area contributed by atoms with E-state index in [2.05, 4.69) is 28.7 Å². The van der Waals surface area contributed by atoms with Crippen LogP contribution in [0.3, 0.4) is 0 Å². The topological polar surface area (TPSA) is 55.2 Å². The van der Waals surface area contributed by atoms with E-state index in [1.165, 1.54) is 15.1 Å². The lowest BCUT2D eigenvalue weighted by Gasteiger charge is -2.36. The standard InChI is InChI=1S/C23H19N3O2S/c27-21(15-26-23(28)18-9-5-4-8-17(18)14-24-26)25-12-10-20-19(11-13-29-20)22(25)16-6-2-1-3-7-16/h1-9,11,13-14,22H,10,12,15H2. The number of amides is 1. The predicted octanol–water partition coefficient (Wildman–Crippen LogP) is 3.63. The number of carbonyl (C=O) groups is 1. The molecular weight excluding hydrogens is 382 g/mol. The van der Waals surface area contributed by atoms with Gasteiger partial charge in [0.25, 0.3) is 5.56 Å². The lowest BCUT2D eigenvalue weighted by Crippen LogP contribution is -2.43. The molecule has 0 fully saturated rings. The van der Waals surface area contributed by atoms with Crippen LogP contribution in [0.1, 0.15) is 22.0 Å². The van der Waals surface area contributed by atoms with Gasteiger partial charge in [0.2, 0.25) is 5.91 Å². The van der Waals surface area contributed by atoms with Crippen LogP contribution in [0, 0.1) is 0 Å². The number of nitrogens with zero attached hydrogens (tertiary/aromatic N) is 3. The number of aromatic nitrogens is 2. The number of hydrogen-bond donors (Lipinski definition) is 0. The minimum Gasteiger partial charge on any atom is -0.330 e. The van der Waals surface area contributed by atoms with Crippen LogP contribution in [0.5, 0.6) is 0 Å². The minimum absolute atomic E-state index is 0.0630. The maximum atomic E-state index is 13.3. The van der Waals surface area contributed by atoms with Gasteiger partial charge in [0.15, 0.2) is 0 Å². The Labute approximate surface area is 171 Å². The zero-order valence-electron chi connectivity index (χ0n) is 15.7. The van der Waals surface area contributed by atoms with Crippen LogP contribution in [0.15, 0.2) is 77.0 Å². The van der Waals surface area contributed by atoms with E-state index < -0.39 is 0 Å². The Morgan fingerprint density at radius 2 is 1.86 bits per heavy atom. The molecule has 0 aliphatic carbocycles. The van der Waals surface area contributed by atoms with Crippen LogP contribution in [0.2, 0.25) is 0 Å². The number of fused-ring (bicyclic) bond motifs is 2. The second-order valence-corrected chi connectivity index (χ2v) is 8.14. The first-order valence-corrected chi connectivity index (χ1v) is 10.5. The monoisotopic (exact) mass is 401 g/mol. The van der Waals surface area contributed by atoms with E-state index in [0.29, 0.717) is 11.9 Å². The third kappa shape index (κ3) is 3.15. The summed E-state index contributed by atoms with van der Waals surface area (Å²) < 4.78 is 1.27. The van der Waals surface area contributed by atoms with Gasteiger partial charge >= 0.3 is 0 Å². The second kappa shape index (κ2) is 7.29. The van der Waals surface area contributed by atoms with Crippen molar-refractivity contribution in [3.63, 3.8) is 0 Å². The first-order valence-electron chi connectivity index (χ1n) is 9.58. The summed E-state index contributed by atoms with van der Waals surface area (Å²) in [6, 6.07) is 19.4. The Bertz CT molecular complexity index is 1250. The number of benzene rings is 2. The summed E-state index contributed by atoms with van der Waals surface area (Å²) in [5.74, 6) is -0.0967. The van der Waals surface area contributed by atoms with Crippen molar-refractivity contribution in [1.29, 1.82) is 0 Å². The highest BCUT2D eigenvalue weighted by Gasteiger charge is 2.32. The maximum Gasteiger partial charge on any atom is 0.275 e. The van der Waals surface area contributed by atoms with Crippen LogP contribution >= 0.6 is 11.3 Å². The van der Waals surface area contributed by atoms with Gasteiger partial charge in [0, 0.05) is 16.8 Å². The van der Waals surface area contributed by atoms with Gasteiger partial charge in [-0.05, 0) is 35.1 Å². The molecule has 5 rings (SSSR count). The molecule has 0 spiro atoms. The Balaban J connectivity index is 1.50. The van der Waals surface area contributed by atoms with E-state index in [-0.39, 0.29) is 24.1 Å². The van der Waals surface area contributed by atoms with Crippen molar-refractivity contribution in [3.8, 4) is 0 Å². The molecule has 0 saturated carbocycles. The van der Waals surface area contributed by atoms with Crippen molar-refractivity contribution in [3.05, 3.63) is 98.6 Å². The Hall–Kier alpha value is -3.25. The molecule has 4 aromatic rings. The number of rotatable bonds is 3. The van der Waals surface area contributed by atoms with Gasteiger partial charge in [-0.15, -0.1) is 11.3 Å². The fraction of sp³-hybridized carbons (Fsp3) is 0.174. The molecule has 1 aliphatic heterocycles. The zero-order chi connectivity index (χ0) is 19.8. The highest BCUT2D eigenvalue weighted by molar-refractivity contribution is 7.10. The number of hydrogen-bond acceptors (Lipinski definition) is 4. The molecule has 5 nitrogen and oxygen atoms in total. The largest absolute Gasteiger partial charge is 0.330 e. The van der Waals surface area contributed by atoms with Gasteiger partial charge in [0.05, 0.1) is 17.6 Å². The smallest absolute Gasteiger partial charge is 0.275 e. The van der Waals surface area contributed by atoms with Crippen molar-refractivity contribution in [2.24, 2.45) is 0 Å². The predicted molar refractivity (Wildman–Crippen MR) is 114 cm³/mol. The number of thiophene rings is 1. The van der Waals surface area contributed by atoms with E-state index in [4.69, 9.17) is 0 Å². The third-order valence-corrected chi connectivity index (χ3v) is 6.44. The van der Waals surface area contributed by atoms with Crippen LogP contribution < -0.4 is 5.56 Å². The Kier molecular flexibility index (Phi) is 4.48. The fourth-order valence-corrected chi connectivity index (χ4v) is 4.94. The molecule has 0 saturated heterocycles. The van der Waals surface area contributed by atoms with Crippen LogP contribution in [-0.4, -0.2) is 27.1 Å². The second-order valence-electron chi connectivity index (χ2n) is 7.14. The average molecular weight is 401 g/mol. The summed E-state index contributed by atoms with van der Waals surface area (Å²) in [6.45, 7) is 0.570. The van der Waals surface area contributed by atoms with Crippen molar-refractivity contribution < 1.29 is 4.79 Å². The summed E-state index contributed by atoms with van der Waals surface area (Å²) in [4.78, 5) is 29.3. The van der Waals surface area contributed by atoms with E-state index in [0.717, 1.165) is 17.4 Å². The third-order valence-electron chi connectivity index (χ3n) is 5.45. The van der Waals surface area contributed by atoms with Gasteiger partial charge in [0.1, 0.15) is 6.54 Å². The minimum atomic E-state index is -0.235. The Morgan fingerprint density at radius 1 is 1.07 bits per heavy atom. The molecule has 0 bridgehead atoms. The van der Waals surface area contributed by atoms with Gasteiger partial charge in [-0.1, -0.05) is 48.5 Å². The molecule has 1 amide bonds. The lowest BCUT2D eigenvalue weighted by atomic mass is 9.93. The van der Waals surface area contributed by atoms with E-state index >= 15 is 0 Å². The normalized spacial score (nSPS) is 16.0. The highest BCUT2D eigenvalue weighted by Crippen LogP contribution is 2.37. The van der Waals surface area contributed by atoms with Crippen molar-refractivity contribution in [1.82, 2.24) is 14.7 Å². The lowest BCUT2D eigenvalue weighted by molar-refractivity contribution is -0.134. The summed E-state index contributed by atoms with van der Waals surface area (Å²) in [7, 11) is 0. The van der Waals surface area contributed by atoms with E-state index in [1.54, 1.807) is 23.6 Å². The van der Waals surface area contributed by atoms with E-state index in [9.17, 15) is 9.59 Å². The van der Waals surface area contributed by atoms with Gasteiger partial charge < -0.3 is 4.90 Å². The molecule has 0 radical (unpaired) electrons. The molecule has 1 aliphatic rings. The Morgan fingerprint density at radius 3 is 2.72 bits per heavy atom. The highest BCUT2D eigenvalue weighted by atomic mass is 32.1. The van der Waals surface area contributed by atoms with Crippen LogP contribution in [-0.2, 0) is 17.8 Å². The quantitative estimate of drug-likeness (QED) is 0.527. The summed E-state index contributed by atoms with van der Waals surface area (Å²) in [5.41, 5.74) is 2.03. The van der Waals surface area contributed by atoms with Gasteiger partial charge in [-0.2, -0.15) is 5.10 Å². The van der Waals surface area contributed by atoms with Crippen LogP contribution in [0.4, 0.5) is 0 Å². The maximum absolute atomic E-state index is 13.3. The van der Waals surface area contributed by atoms with Crippen LogP contribution in [0.25, 0.3) is 10.8 Å². The molecule has 6 heteroatoms. The van der Waals surface area contributed by atoms with E-state index in [1.807, 2.05) is 41.3 Å². The number of carbonyl (C=O) groups excluding carboxylic acids is 1. The summed E-state index contributed by atoms with van der Waals surface area (Å²) >= 11 is 1.74. The summed E-state index contributed by atoms with van der Waals surface area (Å²) in [5, 5.41) is 7.68. The molecule has 3 heterocycles. The first kappa shape index (κ1) is 17.8. The molecule has 1 unspecified atom stereocenters. The summed E-state index contributed by atoms with van der Waals surface area (Å²) in [6.07, 6.45) is 2.48. The SMILES string of the molecule is O=C(Cn1ncc2ccccc2c1=O)N1CCc2sccc2C1c1ccccc1. The van der Waals surface area contributed by atoms with Crippen molar-refractivity contribution >= 4 is 28.0 Å². The van der Waals surface area contributed by atoms with Crippen molar-refractivity contribution in [2.75, 3.05) is 6.54 Å². The molecule has 2 aromatic carbocycles. The molecule has 1 atom stereocenters. The van der Waals surface area contributed by atoms with Crippen molar-refractivity contribution in [2.45, 2.75) is 19.0 Å². The first-order chi connectivity index (χ1) is 14.2. The van der Waals surface area contributed by atoms with Gasteiger partial charge in [-0.3, -0.25) is 9.59 Å². The molecular formula is C23H19N3O2S. The zero-order valence-corrected chi connectivity index (χ0v) is 16.5.